The molecule has 1 aliphatic heterocycles. The van der Waals surface area contributed by atoms with Crippen molar-refractivity contribution in [1.29, 1.82) is 0 Å². The van der Waals surface area contributed by atoms with Gasteiger partial charge >= 0.3 is 0 Å². The Morgan fingerprint density at radius 2 is 2.24 bits per heavy atom. The molecule has 1 unspecified atom stereocenters. The van der Waals surface area contributed by atoms with Gasteiger partial charge in [0.25, 0.3) is 5.91 Å². The van der Waals surface area contributed by atoms with E-state index in [2.05, 4.69) is 15.6 Å². The highest BCUT2D eigenvalue weighted by Gasteiger charge is 2.30. The zero-order valence-electron chi connectivity index (χ0n) is 9.75. The molecule has 1 aliphatic rings. The van der Waals surface area contributed by atoms with Crippen LogP contribution in [0.25, 0.3) is 0 Å². The van der Waals surface area contributed by atoms with Crippen LogP contribution in [0.4, 0.5) is 0 Å². The van der Waals surface area contributed by atoms with Crippen molar-refractivity contribution in [1.82, 2.24) is 10.6 Å². The maximum atomic E-state index is 11.8. The van der Waals surface area contributed by atoms with Crippen LogP contribution in [0.2, 0.25) is 5.02 Å². The number of benzene rings is 1. The summed E-state index contributed by atoms with van der Waals surface area (Å²) in [4.78, 5) is 16.0. The zero-order valence-corrected chi connectivity index (χ0v) is 10.5. The van der Waals surface area contributed by atoms with Crippen molar-refractivity contribution in [2.75, 3.05) is 6.54 Å². The lowest BCUT2D eigenvalue weighted by molar-refractivity contribution is -0.120. The van der Waals surface area contributed by atoms with Crippen LogP contribution in [0, 0.1) is 6.92 Å². The van der Waals surface area contributed by atoms with Gasteiger partial charge in [-0.1, -0.05) is 17.7 Å². The Labute approximate surface area is 105 Å². The number of hydrogen-bond acceptors (Lipinski definition) is 2. The van der Waals surface area contributed by atoms with Crippen LogP contribution < -0.4 is 10.6 Å². The third-order valence-corrected chi connectivity index (χ3v) is 2.88. The molecule has 1 saturated heterocycles. The van der Waals surface area contributed by atoms with Gasteiger partial charge in [0.05, 0.1) is 0 Å². The fourth-order valence-corrected chi connectivity index (χ4v) is 2.08. The van der Waals surface area contributed by atoms with Crippen LogP contribution >= 0.6 is 11.6 Å². The first-order valence-corrected chi connectivity index (χ1v) is 5.87. The van der Waals surface area contributed by atoms with Crippen LogP contribution in [0.1, 0.15) is 24.1 Å². The number of nitrogens with zero attached hydrogens (tertiary/aromatic N) is 1. The first-order valence-electron chi connectivity index (χ1n) is 5.49. The first-order chi connectivity index (χ1) is 8.11. The van der Waals surface area contributed by atoms with Crippen LogP contribution in [-0.4, -0.2) is 18.4 Å². The number of hydrogen-bond donors (Lipinski definition) is 2. The lowest BCUT2D eigenvalue weighted by Gasteiger charge is -2.11. The molecule has 0 aliphatic carbocycles. The number of nitrogens with one attached hydrogen (secondary N) is 2. The zero-order chi connectivity index (χ0) is 12.4. The fraction of sp³-hybridized carbons (Fsp3) is 0.333. The average molecular weight is 252 g/mol. The van der Waals surface area contributed by atoms with Crippen molar-refractivity contribution < 1.29 is 4.79 Å². The number of amides is 1. The Bertz CT molecular complexity index is 485. The third kappa shape index (κ3) is 2.42. The molecule has 1 atom stereocenters. The van der Waals surface area contributed by atoms with Crippen molar-refractivity contribution in [3.05, 3.63) is 34.3 Å². The van der Waals surface area contributed by atoms with Crippen LogP contribution in [0.15, 0.2) is 23.2 Å². The van der Waals surface area contributed by atoms with Gasteiger partial charge in [-0.2, -0.15) is 0 Å². The molecule has 5 heteroatoms. The highest BCUT2D eigenvalue weighted by Crippen LogP contribution is 2.23. The van der Waals surface area contributed by atoms with E-state index in [4.69, 9.17) is 11.6 Å². The molecule has 1 amide bonds. The summed E-state index contributed by atoms with van der Waals surface area (Å²) in [6.07, 6.45) is 0. The summed E-state index contributed by atoms with van der Waals surface area (Å²) in [6, 6.07) is 5.12. The molecular weight excluding hydrogens is 238 g/mol. The summed E-state index contributed by atoms with van der Waals surface area (Å²) >= 11 is 5.89. The van der Waals surface area contributed by atoms with E-state index in [0.29, 0.717) is 17.5 Å². The Morgan fingerprint density at radius 3 is 2.88 bits per heavy atom. The Morgan fingerprint density at radius 1 is 1.47 bits per heavy atom. The minimum absolute atomic E-state index is 0.0809. The molecule has 0 radical (unpaired) electrons. The van der Waals surface area contributed by atoms with Crippen molar-refractivity contribution in [2.24, 2.45) is 4.99 Å². The second-order valence-electron chi connectivity index (χ2n) is 3.89. The van der Waals surface area contributed by atoms with E-state index in [-0.39, 0.29) is 11.9 Å². The van der Waals surface area contributed by atoms with Gasteiger partial charge in [0.1, 0.15) is 6.04 Å². The van der Waals surface area contributed by atoms with Crippen molar-refractivity contribution >= 4 is 23.5 Å². The molecule has 4 nitrogen and oxygen atoms in total. The summed E-state index contributed by atoms with van der Waals surface area (Å²) < 4.78 is 0. The summed E-state index contributed by atoms with van der Waals surface area (Å²) in [5.41, 5.74) is 1.91. The molecule has 0 aromatic heterocycles. The minimum Gasteiger partial charge on any atom is -0.340 e. The van der Waals surface area contributed by atoms with E-state index in [9.17, 15) is 4.79 Å². The minimum atomic E-state index is -0.377. The smallest absolute Gasteiger partial charge is 0.253 e. The Hall–Kier alpha value is -1.55. The molecule has 17 heavy (non-hydrogen) atoms. The largest absolute Gasteiger partial charge is 0.340 e. The molecule has 1 heterocycles. The quantitative estimate of drug-likeness (QED) is 0.842. The topological polar surface area (TPSA) is 53.5 Å². The number of carbonyl (C=O) groups excluding carboxylic acids is 1. The summed E-state index contributed by atoms with van der Waals surface area (Å²) in [7, 11) is 0. The summed E-state index contributed by atoms with van der Waals surface area (Å²) in [5.74, 6) is 0.458. The standard InChI is InChI=1S/C12H14ClN3O/c1-3-14-12-15-10(11(17)16-12)9-5-4-8(13)6-7(9)2/h4-6,10H,3H2,1-2H3,(H2,14,15,16,17). The Kier molecular flexibility index (Phi) is 3.33. The number of rotatable bonds is 2. The molecule has 2 rings (SSSR count). The van der Waals surface area contributed by atoms with Crippen molar-refractivity contribution in [3.8, 4) is 0 Å². The monoisotopic (exact) mass is 251 g/mol. The molecular formula is C12H14ClN3O. The predicted molar refractivity (Wildman–Crippen MR) is 68.2 cm³/mol. The van der Waals surface area contributed by atoms with Gasteiger partial charge in [-0.25, -0.2) is 0 Å². The summed E-state index contributed by atoms with van der Waals surface area (Å²) in [6.45, 7) is 4.49. The highest BCUT2D eigenvalue weighted by atomic mass is 35.5. The number of guanidine groups is 1. The van der Waals surface area contributed by atoms with Gasteiger partial charge in [0.2, 0.25) is 0 Å². The molecule has 2 N–H and O–H groups in total. The van der Waals surface area contributed by atoms with Crippen LogP contribution in [-0.2, 0) is 4.79 Å². The fourth-order valence-electron chi connectivity index (χ4n) is 1.85. The molecule has 0 spiro atoms. The second-order valence-corrected chi connectivity index (χ2v) is 4.33. The molecule has 1 fully saturated rings. The Balaban J connectivity index is 2.29. The van der Waals surface area contributed by atoms with E-state index in [1.807, 2.05) is 26.0 Å². The maximum Gasteiger partial charge on any atom is 0.253 e. The molecule has 1 aromatic carbocycles. The van der Waals surface area contributed by atoms with Gasteiger partial charge in [-0.3, -0.25) is 15.1 Å². The van der Waals surface area contributed by atoms with E-state index in [1.54, 1.807) is 6.07 Å². The van der Waals surface area contributed by atoms with Gasteiger partial charge in [0.15, 0.2) is 5.96 Å². The molecule has 0 saturated carbocycles. The van der Waals surface area contributed by atoms with E-state index < -0.39 is 0 Å². The number of aliphatic imine (C=N–C) groups is 1. The average Bonchev–Trinajstić information content (AvgIpc) is 2.60. The van der Waals surface area contributed by atoms with Gasteiger partial charge in [-0.15, -0.1) is 0 Å². The van der Waals surface area contributed by atoms with E-state index in [0.717, 1.165) is 11.1 Å². The number of carbonyl (C=O) groups is 1. The van der Waals surface area contributed by atoms with Crippen molar-refractivity contribution in [2.45, 2.75) is 19.9 Å². The van der Waals surface area contributed by atoms with Crippen molar-refractivity contribution in [3.63, 3.8) is 0 Å². The third-order valence-electron chi connectivity index (χ3n) is 2.64. The van der Waals surface area contributed by atoms with Gasteiger partial charge < -0.3 is 5.32 Å². The normalized spacial score (nSPS) is 21.5. The van der Waals surface area contributed by atoms with Gasteiger partial charge in [0, 0.05) is 11.6 Å². The lowest BCUT2D eigenvalue weighted by atomic mass is 10.0. The van der Waals surface area contributed by atoms with E-state index in [1.165, 1.54) is 0 Å². The highest BCUT2D eigenvalue weighted by molar-refractivity contribution is 6.30. The predicted octanol–water partition coefficient (Wildman–Crippen LogP) is 1.78. The molecule has 1 aromatic rings. The van der Waals surface area contributed by atoms with Crippen LogP contribution in [0.3, 0.4) is 0 Å². The lowest BCUT2D eigenvalue weighted by Crippen LogP contribution is -2.25. The maximum absolute atomic E-state index is 11.8. The van der Waals surface area contributed by atoms with Crippen LogP contribution in [0.5, 0.6) is 0 Å². The van der Waals surface area contributed by atoms with E-state index >= 15 is 0 Å². The first kappa shape index (κ1) is 11.9. The SMILES string of the molecule is CCN=C1NC(=O)C(c2ccc(Cl)cc2C)N1. The molecule has 0 bridgehead atoms. The second kappa shape index (κ2) is 4.75. The number of aryl methyl sites for hydroxylation is 1. The number of halogens is 1. The summed E-state index contributed by atoms with van der Waals surface area (Å²) in [5, 5.41) is 6.45. The molecule has 90 valence electrons. The van der Waals surface area contributed by atoms with Gasteiger partial charge in [-0.05, 0) is 37.1 Å².